The summed E-state index contributed by atoms with van der Waals surface area (Å²) < 4.78 is 32.3. The summed E-state index contributed by atoms with van der Waals surface area (Å²) >= 11 is 3.36. The quantitative estimate of drug-likeness (QED) is 0.0972. The van der Waals surface area contributed by atoms with Gasteiger partial charge in [0.1, 0.15) is 5.78 Å². The van der Waals surface area contributed by atoms with Crippen molar-refractivity contribution in [2.24, 2.45) is 0 Å². The van der Waals surface area contributed by atoms with E-state index in [1.807, 2.05) is 6.26 Å². The van der Waals surface area contributed by atoms with E-state index in [9.17, 15) is 14.4 Å². The van der Waals surface area contributed by atoms with E-state index in [2.05, 4.69) is 0 Å². The first-order valence-corrected chi connectivity index (χ1v) is 13.8. The lowest BCUT2D eigenvalue weighted by Crippen LogP contribution is -2.33. The van der Waals surface area contributed by atoms with Crippen molar-refractivity contribution in [2.45, 2.75) is 6.42 Å². The molecule has 0 spiro atoms. The molecule has 0 bridgehead atoms. The molecule has 0 N–H and O–H groups in total. The monoisotopic (exact) mass is 523 g/mol. The van der Waals surface area contributed by atoms with E-state index in [0.717, 1.165) is 9.98 Å². The molecule has 0 aromatic heterocycles. The molecule has 2 amide bonds. The maximum Gasteiger partial charge on any atom is 0.253 e. The van der Waals surface area contributed by atoms with Crippen LogP contribution in [0.5, 0.6) is 0 Å². The van der Waals surface area contributed by atoms with Crippen LogP contribution in [0.25, 0.3) is 0 Å². The highest BCUT2D eigenvalue weighted by atomic mass is 32.2. The third-order valence-electron chi connectivity index (χ3n) is 4.21. The zero-order valence-electron chi connectivity index (χ0n) is 19.9. The van der Waals surface area contributed by atoms with Crippen LogP contribution in [0.2, 0.25) is 0 Å². The van der Waals surface area contributed by atoms with Gasteiger partial charge in [0.2, 0.25) is 0 Å². The third kappa shape index (κ3) is 17.4. The first-order chi connectivity index (χ1) is 16.6. The molecule has 0 fully saturated rings. The van der Waals surface area contributed by atoms with Gasteiger partial charge in [-0.2, -0.15) is 11.8 Å². The Morgan fingerprint density at radius 2 is 1.12 bits per heavy atom. The molecule has 1 heterocycles. The summed E-state index contributed by atoms with van der Waals surface area (Å²) in [5.74, 6) is 0.162. The number of Topliss-reactive ketones (excluding diaryl/α,β-unsaturated/α-hetero) is 1. The van der Waals surface area contributed by atoms with Gasteiger partial charge in [0.25, 0.3) is 11.8 Å². The third-order valence-corrected chi connectivity index (χ3v) is 6.34. The number of ketones is 1. The summed E-state index contributed by atoms with van der Waals surface area (Å²) in [6.45, 7) is 5.51. The summed E-state index contributed by atoms with van der Waals surface area (Å²) in [5, 5.41) is 0.939. The Morgan fingerprint density at radius 3 is 1.56 bits per heavy atom. The molecule has 0 atom stereocenters. The van der Waals surface area contributed by atoms with Gasteiger partial charge in [-0.3, -0.25) is 19.3 Å². The fourth-order valence-electron chi connectivity index (χ4n) is 2.51. The average molecular weight is 524 g/mol. The zero-order valence-corrected chi connectivity index (χ0v) is 21.5. The van der Waals surface area contributed by atoms with Gasteiger partial charge >= 0.3 is 0 Å². The van der Waals surface area contributed by atoms with Gasteiger partial charge in [-0.05, 0) is 6.26 Å². The number of carbonyl (C=O) groups excluding carboxylic acids is 3. The number of hydrogen-bond donors (Lipinski definition) is 0. The molecule has 12 heteroatoms. The van der Waals surface area contributed by atoms with Crippen molar-refractivity contribution < 1.29 is 42.8 Å². The second kappa shape index (κ2) is 22.5. The van der Waals surface area contributed by atoms with E-state index in [1.165, 1.54) is 12.2 Å². The van der Waals surface area contributed by atoms with Crippen LogP contribution in [-0.2, 0) is 42.8 Å². The summed E-state index contributed by atoms with van der Waals surface area (Å²) in [6.07, 6.45) is 4.98. The molecule has 0 aliphatic carbocycles. The Labute approximate surface area is 210 Å². The fourth-order valence-corrected chi connectivity index (χ4v) is 3.88. The van der Waals surface area contributed by atoms with Gasteiger partial charge in [0, 0.05) is 23.7 Å². The van der Waals surface area contributed by atoms with E-state index in [4.69, 9.17) is 28.4 Å². The minimum Gasteiger partial charge on any atom is -0.379 e. The molecular formula is C22H37NO9S2. The average Bonchev–Trinajstić information content (AvgIpc) is 3.15. The number of thioether (sulfide) groups is 2. The normalized spacial score (nSPS) is 13.4. The van der Waals surface area contributed by atoms with Crippen molar-refractivity contribution >= 4 is 41.1 Å². The van der Waals surface area contributed by atoms with Crippen molar-refractivity contribution in [1.29, 1.82) is 0 Å². The standard InChI is InChI=1S/C22H37NO9S2/c1-33-19-34-18-20(24)4-6-27-8-10-29-12-14-31-16-17-32-15-13-30-11-9-28-7-5-23-21(25)2-3-22(23)26/h2-3H,4-19H2,1H3. The number of carbonyl (C=O) groups is 3. The number of amides is 2. The van der Waals surface area contributed by atoms with Crippen LogP contribution in [0.3, 0.4) is 0 Å². The number of nitrogens with zero attached hydrogens (tertiary/aromatic N) is 1. The number of rotatable bonds is 25. The lowest BCUT2D eigenvalue weighted by Gasteiger charge is -2.13. The number of ether oxygens (including phenoxy) is 6. The molecule has 196 valence electrons. The summed E-state index contributed by atoms with van der Waals surface area (Å²) in [4.78, 5) is 35.4. The molecule has 10 nitrogen and oxygen atoms in total. The van der Waals surface area contributed by atoms with Crippen molar-refractivity contribution in [3.63, 3.8) is 0 Å². The van der Waals surface area contributed by atoms with Crippen LogP contribution >= 0.6 is 23.5 Å². The molecule has 0 unspecified atom stereocenters. The summed E-state index contributed by atoms with van der Waals surface area (Å²) in [7, 11) is 0. The fraction of sp³-hybridized carbons (Fsp3) is 0.773. The van der Waals surface area contributed by atoms with Gasteiger partial charge < -0.3 is 28.4 Å². The van der Waals surface area contributed by atoms with E-state index >= 15 is 0 Å². The second-order valence-corrected chi connectivity index (χ2v) is 9.10. The molecule has 0 aromatic rings. The maximum atomic E-state index is 11.6. The number of hydrogen-bond acceptors (Lipinski definition) is 11. The van der Waals surface area contributed by atoms with Crippen molar-refractivity contribution in [1.82, 2.24) is 4.90 Å². The summed E-state index contributed by atoms with van der Waals surface area (Å²) in [6, 6.07) is 0. The molecule has 1 rings (SSSR count). The van der Waals surface area contributed by atoms with Crippen molar-refractivity contribution in [3.05, 3.63) is 12.2 Å². The largest absolute Gasteiger partial charge is 0.379 e. The van der Waals surface area contributed by atoms with Crippen LogP contribution in [-0.4, -0.2) is 125 Å². The highest BCUT2D eigenvalue weighted by Crippen LogP contribution is 2.08. The molecule has 0 saturated heterocycles. The predicted octanol–water partition coefficient (Wildman–Crippen LogP) is 1.02. The van der Waals surface area contributed by atoms with E-state index in [-0.39, 0.29) is 30.7 Å². The maximum absolute atomic E-state index is 11.6. The molecule has 1 aliphatic heterocycles. The first kappa shape index (κ1) is 31.0. The van der Waals surface area contributed by atoms with Crippen LogP contribution in [0, 0.1) is 0 Å². The smallest absolute Gasteiger partial charge is 0.253 e. The van der Waals surface area contributed by atoms with Gasteiger partial charge in [-0.25, -0.2) is 0 Å². The van der Waals surface area contributed by atoms with Crippen molar-refractivity contribution in [3.8, 4) is 0 Å². The molecule has 0 aromatic carbocycles. The lowest BCUT2D eigenvalue weighted by atomic mass is 10.3. The highest BCUT2D eigenvalue weighted by Gasteiger charge is 2.22. The Bertz CT molecular complexity index is 575. The first-order valence-electron chi connectivity index (χ1n) is 11.2. The molecule has 1 aliphatic rings. The van der Waals surface area contributed by atoms with E-state index in [1.54, 1.807) is 23.5 Å². The second-order valence-electron chi connectivity index (χ2n) is 6.88. The van der Waals surface area contributed by atoms with Gasteiger partial charge in [0.15, 0.2) is 0 Å². The molecular weight excluding hydrogens is 486 g/mol. The molecule has 0 saturated carbocycles. The Balaban J connectivity index is 1.69. The summed E-state index contributed by atoms with van der Waals surface area (Å²) in [5.41, 5.74) is 0. The highest BCUT2D eigenvalue weighted by molar-refractivity contribution is 8.15. The van der Waals surface area contributed by atoms with Crippen LogP contribution in [0.15, 0.2) is 12.2 Å². The Morgan fingerprint density at radius 1 is 0.706 bits per heavy atom. The van der Waals surface area contributed by atoms with Crippen molar-refractivity contribution in [2.75, 3.05) is 103 Å². The topological polar surface area (TPSA) is 110 Å². The molecule has 0 radical (unpaired) electrons. The van der Waals surface area contributed by atoms with Crippen LogP contribution in [0.1, 0.15) is 6.42 Å². The number of imide groups is 1. The van der Waals surface area contributed by atoms with Gasteiger partial charge in [0.05, 0.1) is 91.6 Å². The Hall–Kier alpha value is -0.990. The predicted molar refractivity (Wildman–Crippen MR) is 131 cm³/mol. The Kier molecular flexibility index (Phi) is 20.5. The SMILES string of the molecule is CSCSCC(=O)CCOCCOCCOCCOCCOCCOCCN1C(=O)C=CC1=O. The van der Waals surface area contributed by atoms with Crippen LogP contribution < -0.4 is 0 Å². The minimum atomic E-state index is -0.305. The van der Waals surface area contributed by atoms with E-state index in [0.29, 0.717) is 84.8 Å². The minimum absolute atomic E-state index is 0.219. The molecule has 34 heavy (non-hydrogen) atoms. The van der Waals surface area contributed by atoms with E-state index < -0.39 is 0 Å². The zero-order chi connectivity index (χ0) is 24.7. The van der Waals surface area contributed by atoms with Gasteiger partial charge in [-0.15, -0.1) is 11.8 Å². The van der Waals surface area contributed by atoms with Gasteiger partial charge in [-0.1, -0.05) is 0 Å². The van der Waals surface area contributed by atoms with Crippen LogP contribution in [0.4, 0.5) is 0 Å². The lowest BCUT2D eigenvalue weighted by molar-refractivity contribution is -0.137.